The van der Waals surface area contributed by atoms with Crippen LogP contribution < -0.4 is 4.57 Å². The Morgan fingerprint density at radius 1 is 1.33 bits per heavy atom. The van der Waals surface area contributed by atoms with Crippen LogP contribution >= 0.6 is 15.9 Å². The fourth-order valence-electron chi connectivity index (χ4n) is 1.75. The average Bonchev–Trinajstić information content (AvgIpc) is 2.22. The minimum Gasteiger partial charge on any atom is -0.390 e. The highest BCUT2D eigenvalue weighted by Gasteiger charge is 2.10. The fourth-order valence-corrected chi connectivity index (χ4v) is 2.10. The maximum Gasteiger partial charge on any atom is 0.213 e. The van der Waals surface area contributed by atoms with Crippen molar-refractivity contribution >= 4 is 26.8 Å². The van der Waals surface area contributed by atoms with Crippen LogP contribution in [0.3, 0.4) is 0 Å². The van der Waals surface area contributed by atoms with E-state index in [0.29, 0.717) is 6.54 Å². The molecular formula is C12H13BrNO+. The number of rotatable bonds is 2. The van der Waals surface area contributed by atoms with Crippen LogP contribution in [0, 0.1) is 6.92 Å². The fraction of sp³-hybridized carbons (Fsp3) is 0.250. The molecule has 2 rings (SSSR count). The van der Waals surface area contributed by atoms with E-state index < -0.39 is 0 Å². The zero-order chi connectivity index (χ0) is 10.8. The molecule has 0 radical (unpaired) electrons. The topological polar surface area (TPSA) is 24.1 Å². The number of pyridine rings is 1. The molecule has 1 N–H and O–H groups in total. The van der Waals surface area contributed by atoms with Gasteiger partial charge in [-0.05, 0) is 24.6 Å². The summed E-state index contributed by atoms with van der Waals surface area (Å²) in [6.45, 7) is 2.89. The lowest BCUT2D eigenvalue weighted by molar-refractivity contribution is -0.672. The van der Waals surface area contributed by atoms with E-state index in [9.17, 15) is 0 Å². The number of aryl methyl sites for hydroxylation is 1. The third kappa shape index (κ3) is 2.03. The molecule has 0 saturated carbocycles. The summed E-state index contributed by atoms with van der Waals surface area (Å²) in [5, 5.41) is 10.2. The first kappa shape index (κ1) is 10.6. The van der Waals surface area contributed by atoms with E-state index in [1.807, 2.05) is 12.3 Å². The minimum atomic E-state index is 0.162. The Morgan fingerprint density at radius 3 is 2.87 bits per heavy atom. The van der Waals surface area contributed by atoms with Crippen molar-refractivity contribution < 1.29 is 9.67 Å². The summed E-state index contributed by atoms with van der Waals surface area (Å²) in [6.07, 6.45) is 2.01. The van der Waals surface area contributed by atoms with Gasteiger partial charge in [0.25, 0.3) is 0 Å². The first-order chi connectivity index (χ1) is 7.22. The Labute approximate surface area is 97.3 Å². The maximum atomic E-state index is 8.99. The van der Waals surface area contributed by atoms with Crippen LogP contribution in [-0.2, 0) is 6.54 Å². The zero-order valence-corrected chi connectivity index (χ0v) is 10.2. The summed E-state index contributed by atoms with van der Waals surface area (Å²) in [6, 6.07) is 8.30. The molecule has 15 heavy (non-hydrogen) atoms. The molecule has 0 unspecified atom stereocenters. The molecule has 0 spiro atoms. The largest absolute Gasteiger partial charge is 0.390 e. The number of hydrogen-bond acceptors (Lipinski definition) is 1. The van der Waals surface area contributed by atoms with Crippen LogP contribution in [0.1, 0.15) is 5.56 Å². The van der Waals surface area contributed by atoms with Gasteiger partial charge >= 0.3 is 0 Å². The molecule has 0 fully saturated rings. The lowest BCUT2D eigenvalue weighted by atomic mass is 10.1. The molecule has 2 nitrogen and oxygen atoms in total. The number of benzene rings is 1. The van der Waals surface area contributed by atoms with E-state index in [2.05, 4.69) is 45.6 Å². The summed E-state index contributed by atoms with van der Waals surface area (Å²) >= 11 is 3.47. The highest BCUT2D eigenvalue weighted by atomic mass is 79.9. The van der Waals surface area contributed by atoms with Gasteiger partial charge in [0, 0.05) is 22.0 Å². The first-order valence-electron chi connectivity index (χ1n) is 4.91. The van der Waals surface area contributed by atoms with Crippen molar-refractivity contribution in [2.24, 2.45) is 0 Å². The van der Waals surface area contributed by atoms with Crippen LogP contribution in [0.5, 0.6) is 0 Å². The molecule has 0 aliphatic carbocycles. The molecule has 78 valence electrons. The van der Waals surface area contributed by atoms with E-state index in [4.69, 9.17) is 5.11 Å². The van der Waals surface area contributed by atoms with E-state index in [0.717, 1.165) is 9.99 Å². The molecule has 0 bridgehead atoms. The smallest absolute Gasteiger partial charge is 0.213 e. The number of halogens is 1. The van der Waals surface area contributed by atoms with Gasteiger partial charge in [-0.2, -0.15) is 4.57 Å². The number of fused-ring (bicyclic) bond motifs is 1. The average molecular weight is 267 g/mol. The second-order valence-electron chi connectivity index (χ2n) is 3.58. The monoisotopic (exact) mass is 266 g/mol. The van der Waals surface area contributed by atoms with Crippen LogP contribution in [0.15, 0.2) is 34.9 Å². The normalized spacial score (nSPS) is 10.9. The maximum absolute atomic E-state index is 8.99. The van der Waals surface area contributed by atoms with Gasteiger partial charge in [0.05, 0.1) is 0 Å². The molecule has 0 atom stereocenters. The van der Waals surface area contributed by atoms with Crippen molar-refractivity contribution in [1.82, 2.24) is 0 Å². The standard InChI is InChI=1S/C12H13BrNO/c1-9-4-5-14(6-7-15)12-8-10(13)2-3-11(9)12/h2-5,8,15H,6-7H2,1H3/q+1. The minimum absolute atomic E-state index is 0.162. The number of nitrogens with zero attached hydrogens (tertiary/aromatic N) is 1. The number of hydrogen-bond donors (Lipinski definition) is 1. The highest BCUT2D eigenvalue weighted by molar-refractivity contribution is 9.10. The van der Waals surface area contributed by atoms with Gasteiger partial charge in [-0.15, -0.1) is 0 Å². The van der Waals surface area contributed by atoms with E-state index in [1.165, 1.54) is 10.9 Å². The van der Waals surface area contributed by atoms with Crippen molar-refractivity contribution in [3.05, 3.63) is 40.5 Å². The van der Waals surface area contributed by atoms with Gasteiger partial charge < -0.3 is 5.11 Å². The van der Waals surface area contributed by atoms with Crippen molar-refractivity contribution in [2.45, 2.75) is 13.5 Å². The summed E-state index contributed by atoms with van der Waals surface area (Å²) in [7, 11) is 0. The summed E-state index contributed by atoms with van der Waals surface area (Å²) < 4.78 is 3.12. The molecule has 1 heterocycles. The first-order valence-corrected chi connectivity index (χ1v) is 5.71. The molecule has 0 aliphatic rings. The van der Waals surface area contributed by atoms with Gasteiger partial charge in [0.2, 0.25) is 5.52 Å². The van der Waals surface area contributed by atoms with Crippen LogP contribution in [0.4, 0.5) is 0 Å². The molecule has 0 saturated heterocycles. The van der Waals surface area contributed by atoms with Crippen molar-refractivity contribution in [3.8, 4) is 0 Å². The van der Waals surface area contributed by atoms with E-state index in [1.54, 1.807) is 0 Å². The summed E-state index contributed by atoms with van der Waals surface area (Å²) in [5.41, 5.74) is 2.41. The molecule has 0 amide bonds. The summed E-state index contributed by atoms with van der Waals surface area (Å²) in [4.78, 5) is 0. The third-order valence-electron chi connectivity index (χ3n) is 2.54. The lowest BCUT2D eigenvalue weighted by Gasteiger charge is -2.03. The van der Waals surface area contributed by atoms with Gasteiger partial charge in [-0.1, -0.05) is 15.9 Å². The second-order valence-corrected chi connectivity index (χ2v) is 4.49. The predicted octanol–water partition coefficient (Wildman–Crippen LogP) is 2.19. The van der Waals surface area contributed by atoms with Gasteiger partial charge in [0.1, 0.15) is 6.61 Å². The van der Waals surface area contributed by atoms with E-state index >= 15 is 0 Å². The van der Waals surface area contributed by atoms with Crippen molar-refractivity contribution in [3.63, 3.8) is 0 Å². The number of aromatic nitrogens is 1. The lowest BCUT2D eigenvalue weighted by Crippen LogP contribution is -2.36. The molecular weight excluding hydrogens is 254 g/mol. The zero-order valence-electron chi connectivity index (χ0n) is 8.57. The number of aliphatic hydroxyl groups excluding tert-OH is 1. The molecule has 1 aromatic heterocycles. The summed E-state index contributed by atoms with van der Waals surface area (Å²) in [5.74, 6) is 0. The number of aliphatic hydroxyl groups is 1. The second kappa shape index (κ2) is 4.29. The third-order valence-corrected chi connectivity index (χ3v) is 3.03. The van der Waals surface area contributed by atoms with Crippen molar-refractivity contribution in [2.75, 3.05) is 6.61 Å². The van der Waals surface area contributed by atoms with Crippen molar-refractivity contribution in [1.29, 1.82) is 0 Å². The van der Waals surface area contributed by atoms with Gasteiger partial charge in [0.15, 0.2) is 12.7 Å². The molecule has 3 heteroatoms. The molecule has 0 aliphatic heterocycles. The molecule has 2 aromatic rings. The molecule has 1 aromatic carbocycles. The SMILES string of the molecule is Cc1cc[n+](CCO)c2cc(Br)ccc12. The Balaban J connectivity index is 2.72. The quantitative estimate of drug-likeness (QED) is 0.829. The highest BCUT2D eigenvalue weighted by Crippen LogP contribution is 2.19. The van der Waals surface area contributed by atoms with Crippen LogP contribution in [0.2, 0.25) is 0 Å². The van der Waals surface area contributed by atoms with Gasteiger partial charge in [-0.3, -0.25) is 0 Å². The Kier molecular flexibility index (Phi) is 3.03. The van der Waals surface area contributed by atoms with E-state index in [-0.39, 0.29) is 6.61 Å². The van der Waals surface area contributed by atoms with Crippen LogP contribution in [0.25, 0.3) is 10.9 Å². The predicted molar refractivity (Wildman–Crippen MR) is 63.7 cm³/mol. The van der Waals surface area contributed by atoms with Crippen LogP contribution in [-0.4, -0.2) is 11.7 Å². The Bertz CT molecular complexity index is 496. The van der Waals surface area contributed by atoms with Gasteiger partial charge in [-0.25, -0.2) is 0 Å². The Morgan fingerprint density at radius 2 is 2.13 bits per heavy atom. The Hall–Kier alpha value is -0.930.